The molecule has 0 amide bonds. The van der Waals surface area contributed by atoms with Crippen LogP contribution < -0.4 is 0 Å². The molecule has 0 spiro atoms. The van der Waals surface area contributed by atoms with Gasteiger partial charge in [0.15, 0.2) is 6.10 Å². The average Bonchev–Trinajstić information content (AvgIpc) is 3.22. The van der Waals surface area contributed by atoms with Gasteiger partial charge in [0.2, 0.25) is 0 Å². The molecule has 0 aromatic heterocycles. The summed E-state index contributed by atoms with van der Waals surface area (Å²) in [5, 5.41) is 0. The number of carbonyl (C=O) groups excluding carboxylic acids is 3. The molecule has 0 N–H and O–H groups in total. The molecular weight excluding hydrogens is 745 g/mol. The Morgan fingerprint density at radius 2 is 0.550 bits per heavy atom. The third-order valence-electron chi connectivity index (χ3n) is 12.2. The zero-order chi connectivity index (χ0) is 44.0. The molecule has 60 heavy (non-hydrogen) atoms. The van der Waals surface area contributed by atoms with E-state index in [1.54, 1.807) is 0 Å². The van der Waals surface area contributed by atoms with E-state index < -0.39 is 6.10 Å². The number of hydrogen-bond donors (Lipinski definition) is 0. The molecular formula is C54H104O6. The summed E-state index contributed by atoms with van der Waals surface area (Å²) in [6, 6.07) is 0. The minimum absolute atomic E-state index is 0.0639. The SMILES string of the molecule is CCCCCCCCCCCCCCCCCCCC(=O)OC[C@@H](COC(=O)CCCCCCCCCCCCCC(C)C)OC(=O)CCCCCCCCCCC(C)C. The molecule has 0 aliphatic rings. The molecule has 0 heterocycles. The molecule has 6 nitrogen and oxygen atoms in total. The zero-order valence-corrected chi connectivity index (χ0v) is 41.1. The van der Waals surface area contributed by atoms with Gasteiger partial charge in [0.05, 0.1) is 0 Å². The van der Waals surface area contributed by atoms with Crippen molar-refractivity contribution in [1.29, 1.82) is 0 Å². The normalized spacial score (nSPS) is 12.1. The second kappa shape index (κ2) is 46.9. The average molecular weight is 849 g/mol. The molecule has 1 atom stereocenters. The minimum Gasteiger partial charge on any atom is -0.462 e. The minimum atomic E-state index is -0.762. The smallest absolute Gasteiger partial charge is 0.306 e. The van der Waals surface area contributed by atoms with Gasteiger partial charge in [0, 0.05) is 19.3 Å². The van der Waals surface area contributed by atoms with Crippen LogP contribution in [0.25, 0.3) is 0 Å². The maximum Gasteiger partial charge on any atom is 0.306 e. The molecule has 0 aliphatic heterocycles. The molecule has 0 unspecified atom stereocenters. The third-order valence-corrected chi connectivity index (χ3v) is 12.2. The molecule has 0 saturated heterocycles. The third kappa shape index (κ3) is 47.5. The first kappa shape index (κ1) is 58.4. The maximum atomic E-state index is 12.8. The first-order valence-corrected chi connectivity index (χ1v) is 26.7. The summed E-state index contributed by atoms with van der Waals surface area (Å²) < 4.78 is 16.8. The molecule has 0 radical (unpaired) electrons. The molecule has 0 saturated carbocycles. The molecule has 0 aliphatic carbocycles. The Bertz CT molecular complexity index is 916. The quantitative estimate of drug-likeness (QED) is 0.0345. The predicted molar refractivity (Wildman–Crippen MR) is 256 cm³/mol. The summed E-state index contributed by atoms with van der Waals surface area (Å²) in [6.45, 7) is 11.3. The molecule has 0 aromatic carbocycles. The summed E-state index contributed by atoms with van der Waals surface area (Å²) in [7, 11) is 0. The van der Waals surface area contributed by atoms with Gasteiger partial charge in [0.1, 0.15) is 13.2 Å². The van der Waals surface area contributed by atoms with E-state index >= 15 is 0 Å². The fourth-order valence-corrected chi connectivity index (χ4v) is 8.17. The first-order valence-electron chi connectivity index (χ1n) is 26.7. The Labute approximate surface area is 374 Å². The van der Waals surface area contributed by atoms with Gasteiger partial charge in [-0.1, -0.05) is 259 Å². The second-order valence-electron chi connectivity index (χ2n) is 19.5. The predicted octanol–water partition coefficient (Wildman–Crippen LogP) is 17.3. The molecule has 6 heteroatoms. The Hall–Kier alpha value is -1.59. The van der Waals surface area contributed by atoms with Crippen molar-refractivity contribution < 1.29 is 28.6 Å². The van der Waals surface area contributed by atoms with Crippen LogP contribution in [0.1, 0.15) is 298 Å². The maximum absolute atomic E-state index is 12.8. The fraction of sp³-hybridized carbons (Fsp3) is 0.944. The Balaban J connectivity index is 4.27. The van der Waals surface area contributed by atoms with Gasteiger partial charge in [-0.15, -0.1) is 0 Å². The summed E-state index contributed by atoms with van der Waals surface area (Å²) in [6.07, 6.45) is 48.1. The van der Waals surface area contributed by atoms with Crippen molar-refractivity contribution in [1.82, 2.24) is 0 Å². The van der Waals surface area contributed by atoms with E-state index in [0.29, 0.717) is 19.3 Å². The van der Waals surface area contributed by atoms with Crippen molar-refractivity contribution in [2.45, 2.75) is 304 Å². The van der Waals surface area contributed by atoms with E-state index in [4.69, 9.17) is 14.2 Å². The van der Waals surface area contributed by atoms with Crippen LogP contribution in [-0.2, 0) is 28.6 Å². The van der Waals surface area contributed by atoms with Gasteiger partial charge in [0.25, 0.3) is 0 Å². The van der Waals surface area contributed by atoms with E-state index in [2.05, 4.69) is 34.6 Å². The van der Waals surface area contributed by atoms with Crippen molar-refractivity contribution in [3.05, 3.63) is 0 Å². The number of ether oxygens (including phenoxy) is 3. The Kier molecular flexibility index (Phi) is 45.7. The van der Waals surface area contributed by atoms with Gasteiger partial charge in [-0.2, -0.15) is 0 Å². The van der Waals surface area contributed by atoms with Crippen molar-refractivity contribution in [3.8, 4) is 0 Å². The lowest BCUT2D eigenvalue weighted by molar-refractivity contribution is -0.167. The van der Waals surface area contributed by atoms with Crippen LogP contribution in [0.15, 0.2) is 0 Å². The zero-order valence-electron chi connectivity index (χ0n) is 41.1. The fourth-order valence-electron chi connectivity index (χ4n) is 8.17. The van der Waals surface area contributed by atoms with Crippen LogP contribution in [0.2, 0.25) is 0 Å². The Morgan fingerprint density at radius 1 is 0.317 bits per heavy atom. The molecule has 0 bridgehead atoms. The van der Waals surface area contributed by atoms with Crippen LogP contribution in [0.5, 0.6) is 0 Å². The lowest BCUT2D eigenvalue weighted by Gasteiger charge is -2.18. The van der Waals surface area contributed by atoms with E-state index in [-0.39, 0.29) is 31.1 Å². The molecule has 0 aromatic rings. The van der Waals surface area contributed by atoms with Crippen molar-refractivity contribution in [2.24, 2.45) is 11.8 Å². The van der Waals surface area contributed by atoms with Gasteiger partial charge < -0.3 is 14.2 Å². The molecule has 356 valence electrons. The van der Waals surface area contributed by atoms with E-state index in [1.165, 1.54) is 186 Å². The topological polar surface area (TPSA) is 78.9 Å². The summed E-state index contributed by atoms with van der Waals surface area (Å²) in [5.74, 6) is 0.772. The lowest BCUT2D eigenvalue weighted by atomic mass is 10.0. The van der Waals surface area contributed by atoms with Crippen LogP contribution in [0.4, 0.5) is 0 Å². The van der Waals surface area contributed by atoms with Crippen LogP contribution in [-0.4, -0.2) is 37.2 Å². The van der Waals surface area contributed by atoms with Gasteiger partial charge in [-0.25, -0.2) is 0 Å². The highest BCUT2D eigenvalue weighted by atomic mass is 16.6. The standard InChI is InChI=1S/C54H104O6/c1-6-7-8-9-10-11-12-13-14-15-16-17-20-23-29-34-39-44-52(55)58-47-51(60-54(57)46-41-36-31-26-25-28-33-38-43-50(4)5)48-59-53(56)45-40-35-30-24-21-18-19-22-27-32-37-42-49(2)3/h49-51H,6-48H2,1-5H3/t51-/m0/s1. The van der Waals surface area contributed by atoms with E-state index in [9.17, 15) is 14.4 Å². The number of esters is 3. The summed E-state index contributed by atoms with van der Waals surface area (Å²) >= 11 is 0. The van der Waals surface area contributed by atoms with Crippen molar-refractivity contribution in [3.63, 3.8) is 0 Å². The van der Waals surface area contributed by atoms with E-state index in [1.807, 2.05) is 0 Å². The number of carbonyl (C=O) groups is 3. The summed E-state index contributed by atoms with van der Waals surface area (Å²) in [4.78, 5) is 38.0. The molecule has 0 fully saturated rings. The van der Waals surface area contributed by atoms with Crippen molar-refractivity contribution in [2.75, 3.05) is 13.2 Å². The molecule has 0 rings (SSSR count). The van der Waals surface area contributed by atoms with E-state index in [0.717, 1.165) is 69.6 Å². The van der Waals surface area contributed by atoms with Crippen LogP contribution >= 0.6 is 0 Å². The largest absolute Gasteiger partial charge is 0.462 e. The summed E-state index contributed by atoms with van der Waals surface area (Å²) in [5.41, 5.74) is 0. The number of unbranched alkanes of at least 4 members (excludes halogenated alkanes) is 33. The number of rotatable bonds is 48. The highest BCUT2D eigenvalue weighted by Crippen LogP contribution is 2.17. The van der Waals surface area contributed by atoms with Gasteiger partial charge in [-0.05, 0) is 31.1 Å². The van der Waals surface area contributed by atoms with Crippen molar-refractivity contribution >= 4 is 17.9 Å². The van der Waals surface area contributed by atoms with Gasteiger partial charge >= 0.3 is 17.9 Å². The highest BCUT2D eigenvalue weighted by molar-refractivity contribution is 5.71. The first-order chi connectivity index (χ1) is 29.2. The Morgan fingerprint density at radius 3 is 0.817 bits per heavy atom. The number of hydrogen-bond acceptors (Lipinski definition) is 6. The van der Waals surface area contributed by atoms with Gasteiger partial charge in [-0.3, -0.25) is 14.4 Å². The lowest BCUT2D eigenvalue weighted by Crippen LogP contribution is -2.30. The van der Waals surface area contributed by atoms with Crippen LogP contribution in [0.3, 0.4) is 0 Å². The second-order valence-corrected chi connectivity index (χ2v) is 19.5. The van der Waals surface area contributed by atoms with Crippen LogP contribution in [0, 0.1) is 11.8 Å². The monoisotopic (exact) mass is 849 g/mol. The highest BCUT2D eigenvalue weighted by Gasteiger charge is 2.19.